The number of rotatable bonds is 5. The Labute approximate surface area is 125 Å². The Morgan fingerprint density at radius 3 is 2.90 bits per heavy atom. The molecule has 0 bridgehead atoms. The number of benzene rings is 1. The van der Waals surface area contributed by atoms with Gasteiger partial charge in [-0.3, -0.25) is 4.90 Å². The van der Waals surface area contributed by atoms with Crippen LogP contribution in [0.4, 0.5) is 0 Å². The Kier molecular flexibility index (Phi) is 4.99. The number of aliphatic hydroxyl groups excluding tert-OH is 1. The standard InChI is InChI=1S/C15H20N2O3S/c1-12-5-6-17(15(12)11-18)7-8-21(19,20)14-4-2-3-13(9-14)10-16/h2-4,9,12,15,18H,5-8,11H2,1H3. The first kappa shape index (κ1) is 16.0. The summed E-state index contributed by atoms with van der Waals surface area (Å²) < 4.78 is 24.7. The molecule has 6 heteroatoms. The van der Waals surface area contributed by atoms with E-state index in [9.17, 15) is 13.5 Å². The van der Waals surface area contributed by atoms with Crippen molar-refractivity contribution in [1.29, 1.82) is 5.26 Å². The van der Waals surface area contributed by atoms with Gasteiger partial charge in [-0.2, -0.15) is 5.26 Å². The van der Waals surface area contributed by atoms with Gasteiger partial charge < -0.3 is 5.11 Å². The number of hydrogen-bond donors (Lipinski definition) is 1. The highest BCUT2D eigenvalue weighted by molar-refractivity contribution is 7.91. The monoisotopic (exact) mass is 308 g/mol. The Bertz CT molecular complexity index is 637. The second-order valence-electron chi connectivity index (χ2n) is 5.51. The van der Waals surface area contributed by atoms with Crippen molar-refractivity contribution >= 4 is 9.84 Å². The highest BCUT2D eigenvalue weighted by Gasteiger charge is 2.31. The van der Waals surface area contributed by atoms with Gasteiger partial charge in [0.2, 0.25) is 0 Å². The van der Waals surface area contributed by atoms with Gasteiger partial charge >= 0.3 is 0 Å². The van der Waals surface area contributed by atoms with E-state index in [1.807, 2.05) is 11.0 Å². The fourth-order valence-corrected chi connectivity index (χ4v) is 4.08. The summed E-state index contributed by atoms with van der Waals surface area (Å²) in [5.74, 6) is 0.394. The summed E-state index contributed by atoms with van der Waals surface area (Å²) in [6.07, 6.45) is 0.981. The normalized spacial score (nSPS) is 23.1. The smallest absolute Gasteiger partial charge is 0.179 e. The molecule has 1 aliphatic rings. The SMILES string of the molecule is CC1CCN(CCS(=O)(=O)c2cccc(C#N)c2)C1CO. The molecule has 1 aliphatic heterocycles. The molecule has 2 rings (SSSR count). The quantitative estimate of drug-likeness (QED) is 0.879. The van der Waals surface area contributed by atoms with Gasteiger partial charge in [-0.15, -0.1) is 0 Å². The molecule has 0 aliphatic carbocycles. The molecule has 0 saturated carbocycles. The van der Waals surface area contributed by atoms with E-state index >= 15 is 0 Å². The molecule has 0 amide bonds. The third-order valence-corrected chi connectivity index (χ3v) is 5.85. The summed E-state index contributed by atoms with van der Waals surface area (Å²) >= 11 is 0. The summed E-state index contributed by atoms with van der Waals surface area (Å²) in [5.41, 5.74) is 0.346. The maximum Gasteiger partial charge on any atom is 0.179 e. The molecule has 1 N–H and O–H groups in total. The Morgan fingerprint density at radius 1 is 1.48 bits per heavy atom. The Hall–Kier alpha value is -1.42. The molecule has 1 fully saturated rings. The summed E-state index contributed by atoms with van der Waals surface area (Å²) in [5, 5.41) is 18.2. The lowest BCUT2D eigenvalue weighted by molar-refractivity contribution is 0.144. The zero-order valence-electron chi connectivity index (χ0n) is 12.1. The summed E-state index contributed by atoms with van der Waals surface area (Å²) in [4.78, 5) is 2.23. The van der Waals surface area contributed by atoms with Crippen molar-refractivity contribution in [3.63, 3.8) is 0 Å². The van der Waals surface area contributed by atoms with Gasteiger partial charge in [-0.05, 0) is 37.1 Å². The molecule has 0 radical (unpaired) electrons. The lowest BCUT2D eigenvalue weighted by Gasteiger charge is -2.24. The minimum Gasteiger partial charge on any atom is -0.395 e. The predicted molar refractivity (Wildman–Crippen MR) is 79.4 cm³/mol. The molecule has 2 atom stereocenters. The molecular weight excluding hydrogens is 288 g/mol. The zero-order chi connectivity index (χ0) is 15.5. The van der Waals surface area contributed by atoms with Crippen LogP contribution in [-0.4, -0.2) is 49.9 Å². The average molecular weight is 308 g/mol. The molecule has 2 unspecified atom stereocenters. The molecule has 21 heavy (non-hydrogen) atoms. The summed E-state index contributed by atoms with van der Waals surface area (Å²) in [6, 6.07) is 8.10. The number of nitrogens with zero attached hydrogens (tertiary/aromatic N) is 2. The highest BCUT2D eigenvalue weighted by atomic mass is 32.2. The minimum absolute atomic E-state index is 0.00506. The lowest BCUT2D eigenvalue weighted by Crippen LogP contribution is -2.38. The lowest BCUT2D eigenvalue weighted by atomic mass is 10.0. The van der Waals surface area contributed by atoms with Crippen LogP contribution >= 0.6 is 0 Å². The number of sulfone groups is 1. The molecule has 1 aromatic carbocycles. The van der Waals surface area contributed by atoms with E-state index < -0.39 is 9.84 Å². The van der Waals surface area contributed by atoms with Crippen LogP contribution < -0.4 is 0 Å². The number of nitriles is 1. The van der Waals surface area contributed by atoms with Crippen molar-refractivity contribution in [3.8, 4) is 6.07 Å². The van der Waals surface area contributed by atoms with E-state index in [1.165, 1.54) is 12.1 Å². The number of likely N-dealkylation sites (tertiary alicyclic amines) is 1. The van der Waals surface area contributed by atoms with Crippen LogP contribution in [0, 0.1) is 17.2 Å². The number of aliphatic hydroxyl groups is 1. The van der Waals surface area contributed by atoms with Crippen LogP contribution in [0.15, 0.2) is 29.2 Å². The summed E-state index contributed by atoms with van der Waals surface area (Å²) in [6.45, 7) is 3.37. The molecule has 114 valence electrons. The van der Waals surface area contributed by atoms with Crippen molar-refractivity contribution in [3.05, 3.63) is 29.8 Å². The molecule has 1 saturated heterocycles. The van der Waals surface area contributed by atoms with Crippen molar-refractivity contribution in [1.82, 2.24) is 4.90 Å². The first-order chi connectivity index (χ1) is 9.97. The van der Waals surface area contributed by atoms with Crippen LogP contribution in [0.3, 0.4) is 0 Å². The van der Waals surface area contributed by atoms with E-state index in [0.717, 1.165) is 13.0 Å². The first-order valence-corrected chi connectivity index (χ1v) is 8.71. The fraction of sp³-hybridized carbons (Fsp3) is 0.533. The third-order valence-electron chi connectivity index (χ3n) is 4.15. The Balaban J connectivity index is 2.06. The molecule has 1 heterocycles. The van der Waals surface area contributed by atoms with Gasteiger partial charge in [0.15, 0.2) is 9.84 Å². The van der Waals surface area contributed by atoms with Gasteiger partial charge in [0.05, 0.1) is 28.9 Å². The second kappa shape index (κ2) is 6.56. The average Bonchev–Trinajstić information content (AvgIpc) is 2.85. The van der Waals surface area contributed by atoms with Crippen LogP contribution in [0.2, 0.25) is 0 Å². The van der Waals surface area contributed by atoms with Gasteiger partial charge in [0.1, 0.15) is 0 Å². The minimum atomic E-state index is -3.40. The van der Waals surface area contributed by atoms with E-state index in [-0.39, 0.29) is 23.3 Å². The van der Waals surface area contributed by atoms with Gasteiger partial charge in [0.25, 0.3) is 0 Å². The van der Waals surface area contributed by atoms with E-state index in [0.29, 0.717) is 18.0 Å². The van der Waals surface area contributed by atoms with E-state index in [2.05, 4.69) is 6.92 Å². The van der Waals surface area contributed by atoms with Crippen LogP contribution in [0.1, 0.15) is 18.9 Å². The van der Waals surface area contributed by atoms with Crippen LogP contribution in [0.5, 0.6) is 0 Å². The predicted octanol–water partition coefficient (Wildman–Crippen LogP) is 1.03. The Morgan fingerprint density at radius 2 is 2.24 bits per heavy atom. The van der Waals surface area contributed by atoms with Crippen LogP contribution in [-0.2, 0) is 9.84 Å². The van der Waals surface area contributed by atoms with E-state index in [1.54, 1.807) is 12.1 Å². The molecular formula is C15H20N2O3S. The molecule has 1 aromatic rings. The second-order valence-corrected chi connectivity index (χ2v) is 7.62. The maximum absolute atomic E-state index is 12.3. The topological polar surface area (TPSA) is 81.4 Å². The van der Waals surface area contributed by atoms with Crippen molar-refractivity contribution in [2.24, 2.45) is 5.92 Å². The molecule has 0 spiro atoms. The maximum atomic E-state index is 12.3. The van der Waals surface area contributed by atoms with Gasteiger partial charge in [-0.1, -0.05) is 13.0 Å². The highest BCUT2D eigenvalue weighted by Crippen LogP contribution is 2.23. The first-order valence-electron chi connectivity index (χ1n) is 7.06. The molecule has 5 nitrogen and oxygen atoms in total. The van der Waals surface area contributed by atoms with Gasteiger partial charge in [-0.25, -0.2) is 8.42 Å². The van der Waals surface area contributed by atoms with Gasteiger partial charge in [0, 0.05) is 12.6 Å². The zero-order valence-corrected chi connectivity index (χ0v) is 12.9. The van der Waals surface area contributed by atoms with Crippen molar-refractivity contribution in [2.75, 3.05) is 25.4 Å². The van der Waals surface area contributed by atoms with Crippen LogP contribution in [0.25, 0.3) is 0 Å². The molecule has 0 aromatic heterocycles. The third kappa shape index (κ3) is 3.62. The number of hydrogen-bond acceptors (Lipinski definition) is 5. The van der Waals surface area contributed by atoms with E-state index in [4.69, 9.17) is 5.26 Å². The summed E-state index contributed by atoms with van der Waals surface area (Å²) in [7, 11) is -3.40. The largest absolute Gasteiger partial charge is 0.395 e. The van der Waals surface area contributed by atoms with Crippen molar-refractivity contribution < 1.29 is 13.5 Å². The fourth-order valence-electron chi connectivity index (χ4n) is 2.77. The van der Waals surface area contributed by atoms with Crippen molar-refractivity contribution in [2.45, 2.75) is 24.3 Å².